The fourth-order valence-electron chi connectivity index (χ4n) is 2.31. The number of aromatic nitrogens is 1. The average molecular weight is 288 g/mol. The Kier molecular flexibility index (Phi) is 6.44. The Hall–Kier alpha value is -1.65. The van der Waals surface area contributed by atoms with Gasteiger partial charge in [0.25, 0.3) is 0 Å². The summed E-state index contributed by atoms with van der Waals surface area (Å²) in [5, 5.41) is 4.55. The molecule has 0 saturated heterocycles. The first-order valence-corrected chi connectivity index (χ1v) is 7.47. The maximum Gasteiger partial charge on any atom is 0.145 e. The molecule has 1 heterocycles. The van der Waals surface area contributed by atoms with Gasteiger partial charge in [-0.15, -0.1) is 0 Å². The quantitative estimate of drug-likeness (QED) is 0.720. The number of hydrogen-bond donors (Lipinski definition) is 1. The van der Waals surface area contributed by atoms with Crippen molar-refractivity contribution in [2.24, 2.45) is 0 Å². The van der Waals surface area contributed by atoms with Crippen molar-refractivity contribution in [1.82, 2.24) is 10.3 Å². The normalized spacial score (nSPS) is 11.0. The zero-order valence-electron chi connectivity index (χ0n) is 12.9. The monoisotopic (exact) mass is 288 g/mol. The minimum Gasteiger partial charge on any atom is -0.494 e. The number of nitrogens with one attached hydrogen (secondary N) is 1. The van der Waals surface area contributed by atoms with E-state index in [4.69, 9.17) is 9.47 Å². The van der Waals surface area contributed by atoms with Gasteiger partial charge in [-0.1, -0.05) is 18.2 Å². The number of hydrogen-bond acceptors (Lipinski definition) is 4. The predicted molar refractivity (Wildman–Crippen MR) is 85.7 cm³/mol. The molecule has 2 rings (SSSR count). The Balaban J connectivity index is 1.85. The number of para-hydroxylation sites is 1. The summed E-state index contributed by atoms with van der Waals surface area (Å²) in [6.07, 6.45) is 3.49. The summed E-state index contributed by atoms with van der Waals surface area (Å²) in [5.41, 5.74) is 1.98. The summed E-state index contributed by atoms with van der Waals surface area (Å²) >= 11 is 0. The first-order chi connectivity index (χ1) is 10.3. The Morgan fingerprint density at radius 3 is 2.76 bits per heavy atom. The second kappa shape index (κ2) is 8.60. The molecule has 0 spiro atoms. The third-order valence-corrected chi connectivity index (χ3v) is 3.47. The summed E-state index contributed by atoms with van der Waals surface area (Å²) in [5.74, 6) is 0.828. The van der Waals surface area contributed by atoms with Gasteiger partial charge in [0.2, 0.25) is 0 Å². The van der Waals surface area contributed by atoms with Crippen LogP contribution in [0, 0.1) is 0 Å². The van der Waals surface area contributed by atoms with Gasteiger partial charge >= 0.3 is 0 Å². The highest BCUT2D eigenvalue weighted by Gasteiger charge is 2.03. The summed E-state index contributed by atoms with van der Waals surface area (Å²) in [6, 6.07) is 10.2. The van der Waals surface area contributed by atoms with E-state index in [0.29, 0.717) is 0 Å². The number of pyridine rings is 1. The van der Waals surface area contributed by atoms with Gasteiger partial charge in [-0.25, -0.2) is 4.98 Å². The molecule has 4 nitrogen and oxygen atoms in total. The molecule has 21 heavy (non-hydrogen) atoms. The first-order valence-electron chi connectivity index (χ1n) is 7.47. The second-order valence-corrected chi connectivity index (χ2v) is 5.06. The highest BCUT2D eigenvalue weighted by atomic mass is 16.5. The topological polar surface area (TPSA) is 43.4 Å². The molecule has 1 aromatic carbocycles. The van der Waals surface area contributed by atoms with Crippen molar-refractivity contribution in [2.45, 2.75) is 25.8 Å². The fourth-order valence-corrected chi connectivity index (χ4v) is 2.31. The van der Waals surface area contributed by atoms with Crippen molar-refractivity contribution in [3.8, 4) is 5.75 Å². The van der Waals surface area contributed by atoms with Crippen LogP contribution in [0.15, 0.2) is 30.3 Å². The third-order valence-electron chi connectivity index (χ3n) is 3.47. The molecule has 0 atom stereocenters. The lowest BCUT2D eigenvalue weighted by molar-refractivity contribution is 0.192. The van der Waals surface area contributed by atoms with Crippen LogP contribution in [-0.4, -0.2) is 32.4 Å². The summed E-state index contributed by atoms with van der Waals surface area (Å²) in [6.45, 7) is 2.65. The van der Waals surface area contributed by atoms with E-state index in [2.05, 4.69) is 28.5 Å². The van der Waals surface area contributed by atoms with Crippen molar-refractivity contribution in [3.05, 3.63) is 36.0 Å². The van der Waals surface area contributed by atoms with Crippen LogP contribution >= 0.6 is 0 Å². The van der Waals surface area contributed by atoms with Gasteiger partial charge in [-0.2, -0.15) is 0 Å². The largest absolute Gasteiger partial charge is 0.494 e. The molecule has 1 N–H and O–H groups in total. The molecule has 4 heteroatoms. The highest BCUT2D eigenvalue weighted by Crippen LogP contribution is 2.23. The number of fused-ring (bicyclic) bond motifs is 1. The van der Waals surface area contributed by atoms with Gasteiger partial charge < -0.3 is 14.8 Å². The molecule has 0 aliphatic rings. The van der Waals surface area contributed by atoms with Gasteiger partial charge in [-0.05, 0) is 37.9 Å². The van der Waals surface area contributed by atoms with Crippen LogP contribution in [0.3, 0.4) is 0 Å². The molecule has 0 fully saturated rings. The molecule has 0 amide bonds. The number of rotatable bonds is 9. The SMILES string of the molecule is COCCCCCNCc1ccc2cccc(OC)c2n1. The maximum atomic E-state index is 5.37. The molecular formula is C17H24N2O2. The first kappa shape index (κ1) is 15.7. The minimum atomic E-state index is 0.790. The predicted octanol–water partition coefficient (Wildman–Crippen LogP) is 3.15. The van der Waals surface area contributed by atoms with Gasteiger partial charge in [0.1, 0.15) is 11.3 Å². The third kappa shape index (κ3) is 4.69. The van der Waals surface area contributed by atoms with Crippen LogP contribution in [0.4, 0.5) is 0 Å². The Labute approximate surface area is 126 Å². The van der Waals surface area contributed by atoms with Crippen LogP contribution in [0.2, 0.25) is 0 Å². The minimum absolute atomic E-state index is 0.790. The van der Waals surface area contributed by atoms with E-state index in [9.17, 15) is 0 Å². The van der Waals surface area contributed by atoms with Crippen LogP contribution in [0.5, 0.6) is 5.75 Å². The van der Waals surface area contributed by atoms with Crippen molar-refractivity contribution in [1.29, 1.82) is 0 Å². The van der Waals surface area contributed by atoms with E-state index in [-0.39, 0.29) is 0 Å². The van der Waals surface area contributed by atoms with Gasteiger partial charge in [0.05, 0.1) is 12.8 Å². The van der Waals surface area contributed by atoms with Gasteiger partial charge in [-0.3, -0.25) is 0 Å². The van der Waals surface area contributed by atoms with Crippen LogP contribution in [-0.2, 0) is 11.3 Å². The number of unbranched alkanes of at least 4 members (excludes halogenated alkanes) is 2. The van der Waals surface area contributed by atoms with Crippen LogP contribution < -0.4 is 10.1 Å². The molecule has 0 unspecified atom stereocenters. The molecule has 0 aliphatic carbocycles. The van der Waals surface area contributed by atoms with Crippen molar-refractivity contribution in [2.75, 3.05) is 27.4 Å². The van der Waals surface area contributed by atoms with E-state index in [1.54, 1.807) is 14.2 Å². The van der Waals surface area contributed by atoms with E-state index >= 15 is 0 Å². The van der Waals surface area contributed by atoms with Crippen LogP contribution in [0.25, 0.3) is 10.9 Å². The number of methoxy groups -OCH3 is 2. The summed E-state index contributed by atoms with van der Waals surface area (Å²) < 4.78 is 10.4. The average Bonchev–Trinajstić information content (AvgIpc) is 2.53. The Morgan fingerprint density at radius 1 is 1.05 bits per heavy atom. The maximum absolute atomic E-state index is 5.37. The molecule has 1 aromatic heterocycles. The Bertz CT molecular complexity index is 557. The molecule has 2 aromatic rings. The molecule has 0 bridgehead atoms. The molecular weight excluding hydrogens is 264 g/mol. The van der Waals surface area contributed by atoms with Crippen molar-refractivity contribution in [3.63, 3.8) is 0 Å². The zero-order valence-corrected chi connectivity index (χ0v) is 12.9. The van der Waals surface area contributed by atoms with E-state index in [1.807, 2.05) is 12.1 Å². The van der Waals surface area contributed by atoms with Crippen molar-refractivity contribution < 1.29 is 9.47 Å². The molecule has 0 aliphatic heterocycles. The number of ether oxygens (including phenoxy) is 2. The fraction of sp³-hybridized carbons (Fsp3) is 0.471. The van der Waals surface area contributed by atoms with Gasteiger partial charge in [0.15, 0.2) is 0 Å². The lowest BCUT2D eigenvalue weighted by atomic mass is 10.2. The van der Waals surface area contributed by atoms with E-state index in [1.165, 1.54) is 12.8 Å². The standard InChI is InChI=1S/C17H24N2O2/c1-20-12-5-3-4-11-18-13-15-10-9-14-7-6-8-16(21-2)17(14)19-15/h6-10,18H,3-5,11-13H2,1-2H3. The van der Waals surface area contributed by atoms with Crippen molar-refractivity contribution >= 4 is 10.9 Å². The number of benzene rings is 1. The molecule has 0 saturated carbocycles. The smallest absolute Gasteiger partial charge is 0.145 e. The van der Waals surface area contributed by atoms with E-state index < -0.39 is 0 Å². The lowest BCUT2D eigenvalue weighted by Crippen LogP contribution is -2.15. The lowest BCUT2D eigenvalue weighted by Gasteiger charge is -2.08. The number of nitrogens with zero attached hydrogens (tertiary/aromatic N) is 1. The summed E-state index contributed by atoms with van der Waals surface area (Å²) in [4.78, 5) is 4.69. The zero-order chi connectivity index (χ0) is 14.9. The van der Waals surface area contributed by atoms with Gasteiger partial charge in [0, 0.05) is 25.6 Å². The highest BCUT2D eigenvalue weighted by molar-refractivity contribution is 5.84. The molecule has 0 radical (unpaired) electrons. The van der Waals surface area contributed by atoms with E-state index in [0.717, 1.165) is 48.5 Å². The summed E-state index contributed by atoms with van der Waals surface area (Å²) in [7, 11) is 3.43. The van der Waals surface area contributed by atoms with Crippen LogP contribution in [0.1, 0.15) is 25.0 Å². The Morgan fingerprint density at radius 2 is 1.95 bits per heavy atom. The molecule has 114 valence electrons. The second-order valence-electron chi connectivity index (χ2n) is 5.06.